The Morgan fingerprint density at radius 3 is 2.41 bits per heavy atom. The first-order valence-corrected chi connectivity index (χ1v) is 15.3. The number of aromatic nitrogens is 2. The van der Waals surface area contributed by atoms with Crippen LogP contribution < -0.4 is 14.4 Å². The zero-order valence-corrected chi connectivity index (χ0v) is 25.4. The van der Waals surface area contributed by atoms with Gasteiger partial charge in [-0.25, -0.2) is 17.8 Å². The molecule has 0 bridgehead atoms. The molecule has 10 nitrogen and oxygen atoms in total. The largest absolute Gasteiger partial charge is 0.496 e. The maximum Gasteiger partial charge on any atom is 0.255 e. The number of methoxy groups -OCH3 is 1. The second-order valence-electron chi connectivity index (χ2n) is 9.90. The molecule has 1 amide bonds. The molecule has 0 fully saturated rings. The number of pyridine rings is 1. The number of benzene rings is 3. The number of hydrogen-bond acceptors (Lipinski definition) is 8. The first kappa shape index (κ1) is 29.1. The molecule has 0 radical (unpaired) electrons. The highest BCUT2D eigenvalue weighted by molar-refractivity contribution is 7.92. The minimum Gasteiger partial charge on any atom is -0.496 e. The fraction of sp³-hybridized carbons (Fsp3) is 0.129. The van der Waals surface area contributed by atoms with Crippen molar-refractivity contribution in [2.45, 2.75) is 0 Å². The van der Waals surface area contributed by atoms with Gasteiger partial charge in [0, 0.05) is 48.9 Å². The van der Waals surface area contributed by atoms with E-state index >= 15 is 0 Å². The molecular weight excluding hydrogens is 611 g/mol. The summed E-state index contributed by atoms with van der Waals surface area (Å²) in [5, 5.41) is 3.44. The summed E-state index contributed by atoms with van der Waals surface area (Å²) in [6.45, 7) is 0. The minimum absolute atomic E-state index is 0.206. The summed E-state index contributed by atoms with van der Waals surface area (Å²) in [7, 11) is 0.672. The monoisotopic (exact) mass is 634 g/mol. The van der Waals surface area contributed by atoms with Crippen LogP contribution in [0.4, 0.5) is 10.1 Å². The van der Waals surface area contributed by atoms with Crippen molar-refractivity contribution in [3.63, 3.8) is 0 Å². The van der Waals surface area contributed by atoms with E-state index in [1.165, 1.54) is 51.7 Å². The molecule has 0 atom stereocenters. The van der Waals surface area contributed by atoms with Crippen LogP contribution in [0.5, 0.6) is 5.75 Å². The number of rotatable bonds is 7. The van der Waals surface area contributed by atoms with E-state index in [-0.39, 0.29) is 28.5 Å². The zero-order chi connectivity index (χ0) is 31.3. The lowest BCUT2D eigenvalue weighted by atomic mass is 9.97. The van der Waals surface area contributed by atoms with Crippen molar-refractivity contribution in [1.29, 1.82) is 0 Å². The van der Waals surface area contributed by atoms with Gasteiger partial charge in [-0.05, 0) is 48.0 Å². The van der Waals surface area contributed by atoms with Crippen LogP contribution in [0.1, 0.15) is 10.4 Å². The number of amides is 1. The number of nitrogens with one attached hydrogen (secondary N) is 1. The number of fused-ring (bicyclic) bond motifs is 2. The normalized spacial score (nSPS) is 11.7. The van der Waals surface area contributed by atoms with Gasteiger partial charge in [0.25, 0.3) is 5.91 Å². The van der Waals surface area contributed by atoms with Crippen molar-refractivity contribution in [2.75, 3.05) is 31.8 Å². The average molecular weight is 635 g/mol. The number of halogens is 2. The molecule has 1 N–H and O–H groups in total. The Hall–Kier alpha value is -4.94. The van der Waals surface area contributed by atoms with Crippen LogP contribution in [-0.4, -0.2) is 51.8 Å². The van der Waals surface area contributed by atoms with Crippen LogP contribution in [0.15, 0.2) is 75.7 Å². The van der Waals surface area contributed by atoms with Gasteiger partial charge in [0.2, 0.25) is 15.9 Å². The van der Waals surface area contributed by atoms with E-state index in [2.05, 4.69) is 15.3 Å². The Kier molecular flexibility index (Phi) is 7.26. The maximum absolute atomic E-state index is 13.7. The van der Waals surface area contributed by atoms with Crippen LogP contribution in [0, 0.1) is 5.82 Å². The van der Waals surface area contributed by atoms with E-state index in [0.717, 1.165) is 10.6 Å². The Morgan fingerprint density at radius 2 is 1.73 bits per heavy atom. The molecular formula is C31H24ClFN4O6S. The summed E-state index contributed by atoms with van der Waals surface area (Å²) in [5.74, 6) is -0.0263. The van der Waals surface area contributed by atoms with Crippen molar-refractivity contribution < 1.29 is 31.2 Å². The third-order valence-electron chi connectivity index (χ3n) is 7.16. The van der Waals surface area contributed by atoms with Gasteiger partial charge >= 0.3 is 0 Å². The van der Waals surface area contributed by atoms with Gasteiger partial charge in [-0.3, -0.25) is 9.10 Å². The van der Waals surface area contributed by atoms with Gasteiger partial charge in [0.05, 0.1) is 35.2 Å². The van der Waals surface area contributed by atoms with Crippen LogP contribution in [0.25, 0.3) is 56.1 Å². The average Bonchev–Trinajstić information content (AvgIpc) is 3.60. The summed E-state index contributed by atoms with van der Waals surface area (Å²) in [6, 6.07) is 15.6. The number of carbonyl (C=O) groups excluding carboxylic acids is 1. The van der Waals surface area contributed by atoms with Crippen LogP contribution >= 0.6 is 11.6 Å². The van der Waals surface area contributed by atoms with E-state index in [1.807, 2.05) is 0 Å². The number of carbonyl (C=O) groups is 1. The van der Waals surface area contributed by atoms with Crippen molar-refractivity contribution in [2.24, 2.45) is 0 Å². The Balaban J connectivity index is 1.63. The number of oxazole rings is 1. The number of nitrogens with zero attached hydrogens (tertiary/aromatic N) is 3. The lowest BCUT2D eigenvalue weighted by Gasteiger charge is -2.21. The molecule has 3 aromatic heterocycles. The summed E-state index contributed by atoms with van der Waals surface area (Å²) in [4.78, 5) is 21.9. The SMILES string of the molecule is CNC(=O)c1c(-c2ccc(F)cc2)oc2cc(N(C)S(C)(=O)=O)c(-c3ccc(OC)c(-c4nc5ncc(Cl)cc5o4)c3)cc12. The molecule has 0 saturated carbocycles. The number of sulfonamides is 1. The highest BCUT2D eigenvalue weighted by Crippen LogP contribution is 2.43. The second kappa shape index (κ2) is 11.0. The molecule has 0 unspecified atom stereocenters. The van der Waals surface area contributed by atoms with E-state index in [4.69, 9.17) is 25.2 Å². The molecule has 0 aliphatic rings. The summed E-state index contributed by atoms with van der Waals surface area (Å²) in [5.41, 5.74) is 3.43. The predicted octanol–water partition coefficient (Wildman–Crippen LogP) is 6.53. The predicted molar refractivity (Wildman–Crippen MR) is 166 cm³/mol. The third kappa shape index (κ3) is 5.12. The van der Waals surface area contributed by atoms with E-state index in [9.17, 15) is 17.6 Å². The van der Waals surface area contributed by atoms with E-state index in [0.29, 0.717) is 49.6 Å². The topological polar surface area (TPSA) is 128 Å². The van der Waals surface area contributed by atoms with Crippen molar-refractivity contribution in [3.8, 4) is 39.7 Å². The Morgan fingerprint density at radius 1 is 1.00 bits per heavy atom. The molecule has 0 saturated heterocycles. The standard InChI is InChI=1S/C31H24ClFN4O6S/c1-34-30(38)27-21-13-20(17-7-10-24(41-3)22(11-17)31-36-29-26(43-31)12-18(32)15-35-29)23(37(2)44(4,39)40)14-25(21)42-28(27)16-5-8-19(33)9-6-16/h5-15H,1-4H3,(H,34,38). The van der Waals surface area contributed by atoms with Gasteiger partial charge in [-0.15, -0.1) is 0 Å². The fourth-order valence-electron chi connectivity index (χ4n) is 4.91. The van der Waals surface area contributed by atoms with E-state index < -0.39 is 21.7 Å². The summed E-state index contributed by atoms with van der Waals surface area (Å²) < 4.78 is 58.1. The molecule has 0 spiro atoms. The molecule has 6 rings (SSSR count). The molecule has 3 aromatic carbocycles. The molecule has 0 aliphatic carbocycles. The van der Waals surface area contributed by atoms with Crippen molar-refractivity contribution in [1.82, 2.24) is 15.3 Å². The molecule has 0 aliphatic heterocycles. The maximum atomic E-state index is 13.7. The molecule has 3 heterocycles. The third-order valence-corrected chi connectivity index (χ3v) is 8.56. The molecule has 6 aromatic rings. The van der Waals surface area contributed by atoms with Gasteiger partial charge in [-0.1, -0.05) is 17.7 Å². The zero-order valence-electron chi connectivity index (χ0n) is 23.8. The van der Waals surface area contributed by atoms with Gasteiger partial charge in [0.15, 0.2) is 11.2 Å². The van der Waals surface area contributed by atoms with Crippen molar-refractivity contribution in [3.05, 3.63) is 83.3 Å². The van der Waals surface area contributed by atoms with Crippen LogP contribution in [0.3, 0.4) is 0 Å². The summed E-state index contributed by atoms with van der Waals surface area (Å²) >= 11 is 6.08. The smallest absolute Gasteiger partial charge is 0.255 e. The Labute approximate surface area is 256 Å². The number of anilines is 1. The van der Waals surface area contributed by atoms with Gasteiger partial charge in [-0.2, -0.15) is 4.98 Å². The highest BCUT2D eigenvalue weighted by Gasteiger charge is 2.26. The number of hydrogen-bond donors (Lipinski definition) is 1. The Bertz CT molecular complexity index is 2200. The van der Waals surface area contributed by atoms with Gasteiger partial charge < -0.3 is 18.9 Å². The van der Waals surface area contributed by atoms with E-state index in [1.54, 1.807) is 36.4 Å². The molecule has 224 valence electrons. The highest BCUT2D eigenvalue weighted by atomic mass is 35.5. The first-order chi connectivity index (χ1) is 21.0. The molecule has 13 heteroatoms. The van der Waals surface area contributed by atoms with Crippen LogP contribution in [-0.2, 0) is 10.0 Å². The number of ether oxygens (including phenoxy) is 1. The van der Waals surface area contributed by atoms with Crippen LogP contribution in [0.2, 0.25) is 5.02 Å². The molecule has 44 heavy (non-hydrogen) atoms. The van der Waals surface area contributed by atoms with Crippen molar-refractivity contribution >= 4 is 55.4 Å². The lowest BCUT2D eigenvalue weighted by molar-refractivity contribution is 0.0964. The lowest BCUT2D eigenvalue weighted by Crippen LogP contribution is -2.25. The second-order valence-corrected chi connectivity index (χ2v) is 12.3. The fourth-order valence-corrected chi connectivity index (χ4v) is 5.57. The summed E-state index contributed by atoms with van der Waals surface area (Å²) in [6.07, 6.45) is 2.54. The first-order valence-electron chi connectivity index (χ1n) is 13.1. The minimum atomic E-state index is -3.74. The van der Waals surface area contributed by atoms with Gasteiger partial charge in [0.1, 0.15) is 22.9 Å². The number of furan rings is 1. The quantitative estimate of drug-likeness (QED) is 0.210.